The lowest BCUT2D eigenvalue weighted by molar-refractivity contribution is -0.129. The summed E-state index contributed by atoms with van der Waals surface area (Å²) in [5.41, 5.74) is 0.944. The van der Waals surface area contributed by atoms with Crippen LogP contribution in [0.4, 0.5) is 0 Å². The standard InChI is InChI=1S/C15H17N3O2S2/c1-15(2)14(20)18-10(8-21-15)13(19)16-7-12-17-9-5-3-4-6-11(9)22-12/h3-6,10H,7-8H2,1-2H3,(H,16,19)(H,18,20)/t10-/m0/s1. The zero-order chi connectivity index (χ0) is 15.7. The second-order valence-electron chi connectivity index (χ2n) is 5.64. The lowest BCUT2D eigenvalue weighted by Gasteiger charge is -2.32. The van der Waals surface area contributed by atoms with E-state index in [2.05, 4.69) is 15.6 Å². The summed E-state index contributed by atoms with van der Waals surface area (Å²) in [6, 6.07) is 7.41. The molecule has 1 aliphatic rings. The number of rotatable bonds is 3. The molecule has 1 atom stereocenters. The van der Waals surface area contributed by atoms with Crippen LogP contribution in [0.2, 0.25) is 0 Å². The number of hydrogen-bond donors (Lipinski definition) is 2. The number of thiazole rings is 1. The van der Waals surface area contributed by atoms with E-state index in [1.165, 1.54) is 11.8 Å². The summed E-state index contributed by atoms with van der Waals surface area (Å²) < 4.78 is 0.638. The molecule has 22 heavy (non-hydrogen) atoms. The van der Waals surface area contributed by atoms with Crippen molar-refractivity contribution in [2.24, 2.45) is 0 Å². The molecule has 1 aromatic carbocycles. The Labute approximate surface area is 136 Å². The van der Waals surface area contributed by atoms with E-state index in [4.69, 9.17) is 0 Å². The van der Waals surface area contributed by atoms with Crippen molar-refractivity contribution in [3.05, 3.63) is 29.3 Å². The molecule has 0 aliphatic carbocycles. The molecule has 2 aromatic rings. The van der Waals surface area contributed by atoms with Crippen LogP contribution >= 0.6 is 23.1 Å². The predicted molar refractivity (Wildman–Crippen MR) is 89.9 cm³/mol. The smallest absolute Gasteiger partial charge is 0.243 e. The first-order chi connectivity index (χ1) is 10.5. The van der Waals surface area contributed by atoms with Gasteiger partial charge in [-0.1, -0.05) is 12.1 Å². The molecule has 0 saturated carbocycles. The number of benzene rings is 1. The molecule has 3 rings (SSSR count). The van der Waals surface area contributed by atoms with E-state index in [9.17, 15) is 9.59 Å². The number of carbonyl (C=O) groups excluding carboxylic acids is 2. The monoisotopic (exact) mass is 335 g/mol. The van der Waals surface area contributed by atoms with Crippen LogP contribution < -0.4 is 10.6 Å². The van der Waals surface area contributed by atoms with Gasteiger partial charge in [-0.3, -0.25) is 9.59 Å². The van der Waals surface area contributed by atoms with Crippen molar-refractivity contribution < 1.29 is 9.59 Å². The van der Waals surface area contributed by atoms with Crippen molar-refractivity contribution in [3.63, 3.8) is 0 Å². The Hall–Kier alpha value is -1.60. The Kier molecular flexibility index (Phi) is 4.10. The number of nitrogens with zero attached hydrogens (tertiary/aromatic N) is 1. The minimum atomic E-state index is -0.472. The van der Waals surface area contributed by atoms with Gasteiger partial charge in [0.25, 0.3) is 0 Å². The maximum Gasteiger partial charge on any atom is 0.243 e. The van der Waals surface area contributed by atoms with E-state index in [1.54, 1.807) is 11.3 Å². The molecule has 0 bridgehead atoms. The average Bonchev–Trinajstić information content (AvgIpc) is 2.90. The van der Waals surface area contributed by atoms with Gasteiger partial charge in [-0.2, -0.15) is 0 Å². The SMILES string of the molecule is CC1(C)SC[C@@H](C(=O)NCc2nc3ccccc3s2)NC1=O. The summed E-state index contributed by atoms with van der Waals surface area (Å²) in [6.45, 7) is 4.11. The number of fused-ring (bicyclic) bond motifs is 1. The van der Waals surface area contributed by atoms with Crippen LogP contribution in [0.3, 0.4) is 0 Å². The number of aromatic nitrogens is 1. The molecule has 5 nitrogen and oxygen atoms in total. The third kappa shape index (κ3) is 3.10. The fraction of sp³-hybridized carbons (Fsp3) is 0.400. The van der Waals surface area contributed by atoms with Gasteiger partial charge in [-0.25, -0.2) is 4.98 Å². The molecular weight excluding hydrogens is 318 g/mol. The van der Waals surface area contributed by atoms with Crippen molar-refractivity contribution >= 4 is 45.1 Å². The van der Waals surface area contributed by atoms with E-state index in [1.807, 2.05) is 38.1 Å². The lowest BCUT2D eigenvalue weighted by Crippen LogP contribution is -2.57. The Morgan fingerprint density at radius 3 is 2.95 bits per heavy atom. The van der Waals surface area contributed by atoms with Crippen LogP contribution in [0.5, 0.6) is 0 Å². The van der Waals surface area contributed by atoms with Gasteiger partial charge in [0.2, 0.25) is 11.8 Å². The Balaban J connectivity index is 1.59. The van der Waals surface area contributed by atoms with Gasteiger partial charge in [0.15, 0.2) is 0 Å². The van der Waals surface area contributed by atoms with E-state index < -0.39 is 10.8 Å². The maximum absolute atomic E-state index is 12.2. The Morgan fingerprint density at radius 2 is 2.23 bits per heavy atom. The molecule has 0 radical (unpaired) electrons. The van der Waals surface area contributed by atoms with E-state index >= 15 is 0 Å². The number of nitrogens with one attached hydrogen (secondary N) is 2. The third-order valence-electron chi connectivity index (χ3n) is 3.53. The Morgan fingerprint density at radius 1 is 1.45 bits per heavy atom. The van der Waals surface area contributed by atoms with E-state index in [0.717, 1.165) is 15.2 Å². The average molecular weight is 335 g/mol. The van der Waals surface area contributed by atoms with Crippen molar-refractivity contribution in [1.82, 2.24) is 15.6 Å². The molecule has 2 amide bonds. The van der Waals surface area contributed by atoms with Crippen LogP contribution in [0.1, 0.15) is 18.9 Å². The Bertz CT molecular complexity index is 693. The van der Waals surface area contributed by atoms with E-state index in [-0.39, 0.29) is 11.8 Å². The normalized spacial score (nSPS) is 20.6. The highest BCUT2D eigenvalue weighted by Gasteiger charge is 2.37. The van der Waals surface area contributed by atoms with Gasteiger partial charge in [0.1, 0.15) is 11.0 Å². The van der Waals surface area contributed by atoms with Gasteiger partial charge in [0, 0.05) is 5.75 Å². The molecule has 1 fully saturated rings. The summed E-state index contributed by atoms with van der Waals surface area (Å²) in [4.78, 5) is 28.6. The molecule has 2 heterocycles. The first-order valence-corrected chi connectivity index (χ1v) is 8.83. The first kappa shape index (κ1) is 15.3. The first-order valence-electron chi connectivity index (χ1n) is 7.03. The number of carbonyl (C=O) groups is 2. The van der Waals surface area contributed by atoms with Gasteiger partial charge in [-0.05, 0) is 26.0 Å². The second kappa shape index (κ2) is 5.89. The number of para-hydroxylation sites is 1. The summed E-state index contributed by atoms with van der Waals surface area (Å²) in [7, 11) is 0. The minimum absolute atomic E-state index is 0.0936. The second-order valence-corrected chi connectivity index (χ2v) is 8.40. The largest absolute Gasteiger partial charge is 0.348 e. The lowest BCUT2D eigenvalue weighted by atomic mass is 10.1. The molecule has 7 heteroatoms. The topological polar surface area (TPSA) is 71.1 Å². The van der Waals surface area contributed by atoms with E-state index in [0.29, 0.717) is 12.3 Å². The van der Waals surface area contributed by atoms with Crippen LogP contribution in [0.15, 0.2) is 24.3 Å². The van der Waals surface area contributed by atoms with Crippen LogP contribution in [0, 0.1) is 0 Å². The highest BCUT2D eigenvalue weighted by atomic mass is 32.2. The molecule has 116 valence electrons. The zero-order valence-electron chi connectivity index (χ0n) is 12.4. The number of thioether (sulfide) groups is 1. The summed E-state index contributed by atoms with van der Waals surface area (Å²) >= 11 is 3.07. The van der Waals surface area contributed by atoms with Crippen molar-refractivity contribution in [2.75, 3.05) is 5.75 Å². The molecular formula is C15H17N3O2S2. The fourth-order valence-corrected chi connectivity index (χ4v) is 4.07. The van der Waals surface area contributed by atoms with Gasteiger partial charge in [-0.15, -0.1) is 23.1 Å². The summed E-state index contributed by atoms with van der Waals surface area (Å²) in [5.74, 6) is 0.337. The van der Waals surface area contributed by atoms with Gasteiger partial charge >= 0.3 is 0 Å². The van der Waals surface area contributed by atoms with Crippen molar-refractivity contribution in [1.29, 1.82) is 0 Å². The zero-order valence-corrected chi connectivity index (χ0v) is 14.0. The third-order valence-corrected chi connectivity index (χ3v) is 5.97. The van der Waals surface area contributed by atoms with Gasteiger partial charge in [0.05, 0.1) is 21.5 Å². The molecule has 1 aromatic heterocycles. The van der Waals surface area contributed by atoms with Crippen LogP contribution in [0.25, 0.3) is 10.2 Å². The minimum Gasteiger partial charge on any atom is -0.348 e. The quantitative estimate of drug-likeness (QED) is 0.899. The molecule has 0 unspecified atom stereocenters. The molecule has 1 saturated heterocycles. The summed E-state index contributed by atoms with van der Waals surface area (Å²) in [6.07, 6.45) is 0. The molecule has 0 spiro atoms. The summed E-state index contributed by atoms with van der Waals surface area (Å²) in [5, 5.41) is 6.50. The van der Waals surface area contributed by atoms with Gasteiger partial charge < -0.3 is 10.6 Å². The fourth-order valence-electron chi connectivity index (χ4n) is 2.15. The number of hydrogen-bond acceptors (Lipinski definition) is 5. The highest BCUT2D eigenvalue weighted by molar-refractivity contribution is 8.01. The van der Waals surface area contributed by atoms with Crippen LogP contribution in [-0.2, 0) is 16.1 Å². The van der Waals surface area contributed by atoms with Crippen molar-refractivity contribution in [3.8, 4) is 0 Å². The molecule has 1 aliphatic heterocycles. The highest BCUT2D eigenvalue weighted by Crippen LogP contribution is 2.29. The van der Waals surface area contributed by atoms with Crippen LogP contribution in [-0.4, -0.2) is 33.3 Å². The number of amides is 2. The molecule has 2 N–H and O–H groups in total. The maximum atomic E-state index is 12.2. The predicted octanol–water partition coefficient (Wildman–Crippen LogP) is 1.92. The van der Waals surface area contributed by atoms with Crippen molar-refractivity contribution in [2.45, 2.75) is 31.2 Å².